The number of nitrogens with zero attached hydrogens (tertiary/aromatic N) is 3. The Balaban J connectivity index is 0.982. The summed E-state index contributed by atoms with van der Waals surface area (Å²) in [6.07, 6.45) is 5.03. The Labute approximate surface area is 360 Å². The van der Waals surface area contributed by atoms with Gasteiger partial charge in [0.15, 0.2) is 0 Å². The fourth-order valence-corrected chi connectivity index (χ4v) is 7.81. The number of imidazole rings is 2. The molecule has 0 spiro atoms. The van der Waals surface area contributed by atoms with E-state index in [0.29, 0.717) is 37.6 Å². The van der Waals surface area contributed by atoms with Gasteiger partial charge in [0.05, 0.1) is 43.0 Å². The van der Waals surface area contributed by atoms with Crippen molar-refractivity contribution < 1.29 is 33.4 Å². The number of hydrogen-bond donors (Lipinski definition) is 6. The van der Waals surface area contributed by atoms with Crippen LogP contribution in [-0.2, 0) is 30.5 Å². The number of ether oxygens (including phenoxy) is 2. The molecule has 4 unspecified atom stereocenters. The Bertz CT molecular complexity index is 2330. The highest BCUT2D eigenvalue weighted by Crippen LogP contribution is 2.33. The van der Waals surface area contributed by atoms with E-state index in [1.54, 1.807) is 17.3 Å². The van der Waals surface area contributed by atoms with Crippen LogP contribution in [0.5, 0.6) is 0 Å². The Morgan fingerprint density at radius 2 is 1.42 bits per heavy atom. The molecule has 5 aromatic rings. The van der Waals surface area contributed by atoms with Crippen molar-refractivity contribution in [2.75, 3.05) is 20.2 Å². The van der Waals surface area contributed by atoms with E-state index in [2.05, 4.69) is 41.2 Å². The molecule has 0 saturated carbocycles. The Morgan fingerprint density at radius 1 is 0.790 bits per heavy atom. The number of likely N-dealkylation sites (tertiary alicyclic amines) is 1. The molecule has 4 heterocycles. The Hall–Kier alpha value is -6.97. The van der Waals surface area contributed by atoms with E-state index < -0.39 is 36.2 Å². The molecule has 2 fully saturated rings. The molecule has 16 heteroatoms. The number of benzene rings is 3. The van der Waals surface area contributed by atoms with Gasteiger partial charge in [-0.2, -0.15) is 0 Å². The van der Waals surface area contributed by atoms with Crippen LogP contribution < -0.4 is 21.3 Å². The monoisotopic (exact) mass is 843 g/mol. The van der Waals surface area contributed by atoms with Crippen molar-refractivity contribution >= 4 is 29.9 Å². The maximum atomic E-state index is 13.6. The van der Waals surface area contributed by atoms with Gasteiger partial charge < -0.3 is 45.6 Å². The lowest BCUT2D eigenvalue weighted by Crippen LogP contribution is -2.51. The van der Waals surface area contributed by atoms with Gasteiger partial charge in [-0.05, 0) is 65.8 Å². The largest absolute Gasteiger partial charge is 0.453 e. The van der Waals surface area contributed by atoms with E-state index in [1.165, 1.54) is 7.11 Å². The number of carbonyl (C=O) groups is 5. The van der Waals surface area contributed by atoms with E-state index in [-0.39, 0.29) is 43.2 Å². The highest BCUT2D eigenvalue weighted by atomic mass is 16.5. The maximum absolute atomic E-state index is 13.6. The van der Waals surface area contributed by atoms with Crippen LogP contribution in [0.3, 0.4) is 0 Å². The van der Waals surface area contributed by atoms with Crippen molar-refractivity contribution in [3.05, 3.63) is 108 Å². The number of carbonyl (C=O) groups excluding carboxylic acids is 5. The highest BCUT2D eigenvalue weighted by molar-refractivity contribution is 5.87. The summed E-state index contributed by atoms with van der Waals surface area (Å²) >= 11 is 0. The topological polar surface area (TPSA) is 213 Å². The molecule has 0 bridgehead atoms. The minimum Gasteiger partial charge on any atom is -0.453 e. The van der Waals surface area contributed by atoms with Gasteiger partial charge in [0, 0.05) is 19.5 Å². The molecule has 2 saturated heterocycles. The minimum atomic E-state index is -0.986. The van der Waals surface area contributed by atoms with Gasteiger partial charge in [0.2, 0.25) is 17.7 Å². The Kier molecular flexibility index (Phi) is 14.0. The van der Waals surface area contributed by atoms with Gasteiger partial charge >= 0.3 is 12.2 Å². The summed E-state index contributed by atoms with van der Waals surface area (Å²) in [7, 11) is 1.28. The normalized spacial score (nSPS) is 18.8. The van der Waals surface area contributed by atoms with Crippen molar-refractivity contribution in [1.29, 1.82) is 0 Å². The Morgan fingerprint density at radius 3 is 2.06 bits per heavy atom. The molecule has 2 aliphatic rings. The second kappa shape index (κ2) is 20.1. The number of rotatable bonds is 11. The van der Waals surface area contributed by atoms with Crippen LogP contribution >= 0.6 is 0 Å². The number of hydrogen-bond acceptors (Lipinski definition) is 9. The maximum Gasteiger partial charge on any atom is 0.408 e. The minimum absolute atomic E-state index is 0.0479. The van der Waals surface area contributed by atoms with Gasteiger partial charge in [-0.1, -0.05) is 92.7 Å². The summed E-state index contributed by atoms with van der Waals surface area (Å²) in [5.41, 5.74) is 6.32. The van der Waals surface area contributed by atoms with E-state index in [1.807, 2.05) is 92.7 Å². The molecular weight excluding hydrogens is 791 g/mol. The van der Waals surface area contributed by atoms with Gasteiger partial charge in [0.1, 0.15) is 30.3 Å². The molecule has 62 heavy (non-hydrogen) atoms. The lowest BCUT2D eigenvalue weighted by atomic mass is 10.0. The number of nitrogens with one attached hydrogen (secondary N) is 6. The molecule has 324 valence electrons. The van der Waals surface area contributed by atoms with Gasteiger partial charge in [-0.3, -0.25) is 14.4 Å². The third-order valence-electron chi connectivity index (χ3n) is 11.3. The van der Waals surface area contributed by atoms with Crippen LogP contribution in [0.25, 0.3) is 33.6 Å². The van der Waals surface area contributed by atoms with Crippen molar-refractivity contribution in [3.63, 3.8) is 0 Å². The predicted molar refractivity (Wildman–Crippen MR) is 231 cm³/mol. The number of methoxy groups -OCH3 is 1. The quantitative estimate of drug-likeness (QED) is 0.0877. The first-order chi connectivity index (χ1) is 30.1. The lowest BCUT2D eigenvalue weighted by molar-refractivity contribution is -0.135. The first kappa shape index (κ1) is 43.1. The molecule has 2 aliphatic heterocycles. The number of aromatic nitrogens is 4. The average Bonchev–Trinajstić information content (AvgIpc) is 4.09. The molecular formula is C46H53N9O7. The lowest BCUT2D eigenvalue weighted by Gasteiger charge is -2.30. The SMILES string of the molecule is COC(=O)NC(C(=O)N1CCCC1c1ncc(-c2ccc(-c3ccc(-c4cnc(C5CCCNC(=O)CCC(NC(=O)OCc6ccccc6)C(=O)N5)[nH]4)cc3)cc2)[nH]1)C(C)C. The van der Waals surface area contributed by atoms with Gasteiger partial charge in [-0.25, -0.2) is 19.6 Å². The summed E-state index contributed by atoms with van der Waals surface area (Å²) in [4.78, 5) is 82.2. The fourth-order valence-electron chi connectivity index (χ4n) is 7.81. The third-order valence-corrected chi connectivity index (χ3v) is 11.3. The van der Waals surface area contributed by atoms with Crippen LogP contribution in [0.1, 0.15) is 81.7 Å². The van der Waals surface area contributed by atoms with Crippen molar-refractivity contribution in [3.8, 4) is 33.6 Å². The first-order valence-corrected chi connectivity index (χ1v) is 21.1. The van der Waals surface area contributed by atoms with E-state index in [9.17, 15) is 24.0 Å². The number of H-pyrrole nitrogens is 2. The van der Waals surface area contributed by atoms with Crippen molar-refractivity contribution in [2.24, 2.45) is 5.92 Å². The zero-order valence-corrected chi connectivity index (χ0v) is 35.1. The fraction of sp³-hybridized carbons (Fsp3) is 0.370. The first-order valence-electron chi connectivity index (χ1n) is 21.1. The van der Waals surface area contributed by atoms with E-state index in [0.717, 1.165) is 52.0 Å². The summed E-state index contributed by atoms with van der Waals surface area (Å²) in [6.45, 7) is 4.86. The molecule has 2 aromatic heterocycles. The molecule has 0 aliphatic carbocycles. The summed E-state index contributed by atoms with van der Waals surface area (Å²) in [6, 6.07) is 23.1. The number of alkyl carbamates (subject to hydrolysis) is 2. The zero-order chi connectivity index (χ0) is 43.6. The van der Waals surface area contributed by atoms with Crippen LogP contribution in [0.2, 0.25) is 0 Å². The third kappa shape index (κ3) is 10.7. The summed E-state index contributed by atoms with van der Waals surface area (Å²) < 4.78 is 10.1. The molecule has 16 nitrogen and oxygen atoms in total. The molecule has 4 atom stereocenters. The second-order valence-electron chi connectivity index (χ2n) is 15.9. The molecule has 6 N–H and O–H groups in total. The van der Waals surface area contributed by atoms with Crippen LogP contribution in [0, 0.1) is 5.92 Å². The molecule has 7 rings (SSSR count). The zero-order valence-electron chi connectivity index (χ0n) is 35.1. The van der Waals surface area contributed by atoms with Crippen LogP contribution in [0.4, 0.5) is 9.59 Å². The molecule has 0 radical (unpaired) electrons. The van der Waals surface area contributed by atoms with E-state index >= 15 is 0 Å². The standard InChI is InChI=1S/C46H53N9O7/c1-28(2)40(54-45(59)61-3)44(58)55-24-8-12-38(55)42-49-26-37(51-42)33-19-15-31(16-20-33)30-13-17-32(18-14-30)36-25-48-41(50-36)34-11-7-23-47-39(56)22-21-35(43(57)52-34)53-46(60)62-27-29-9-5-4-6-10-29/h4-6,9-10,13-20,25-26,28,34-35,38,40H,7-8,11-12,21-24,27H2,1-3H3,(H,47,56)(H,48,50)(H,49,51)(H,52,57)(H,53,60)(H,54,59). The second-order valence-corrected chi connectivity index (χ2v) is 15.9. The summed E-state index contributed by atoms with van der Waals surface area (Å²) in [5.74, 6) is 0.377. The smallest absolute Gasteiger partial charge is 0.408 e. The molecule has 3 aromatic carbocycles. The number of amides is 5. The number of aromatic amines is 2. The van der Waals surface area contributed by atoms with Crippen LogP contribution in [0.15, 0.2) is 91.3 Å². The van der Waals surface area contributed by atoms with E-state index in [4.69, 9.17) is 9.47 Å². The van der Waals surface area contributed by atoms with Crippen LogP contribution in [-0.4, -0.2) is 87.0 Å². The van der Waals surface area contributed by atoms with Crippen molar-refractivity contribution in [1.82, 2.24) is 46.1 Å². The average molecular weight is 844 g/mol. The van der Waals surface area contributed by atoms with Crippen molar-refractivity contribution in [2.45, 2.75) is 83.1 Å². The molecule has 5 amide bonds. The van der Waals surface area contributed by atoms with Gasteiger partial charge in [0.25, 0.3) is 0 Å². The predicted octanol–water partition coefficient (Wildman–Crippen LogP) is 6.32. The summed E-state index contributed by atoms with van der Waals surface area (Å²) in [5, 5.41) is 11.3. The highest BCUT2D eigenvalue weighted by Gasteiger charge is 2.37. The van der Waals surface area contributed by atoms with Gasteiger partial charge in [-0.15, -0.1) is 0 Å².